The predicted octanol–water partition coefficient (Wildman–Crippen LogP) is 2.28. The van der Waals surface area contributed by atoms with Crippen LogP contribution in [0.4, 0.5) is 0 Å². The summed E-state index contributed by atoms with van der Waals surface area (Å²) in [4.78, 5) is 9.97. The first-order valence-corrected chi connectivity index (χ1v) is 9.30. The zero-order chi connectivity index (χ0) is 16.8. The van der Waals surface area contributed by atoms with Crippen LogP contribution in [0.15, 0.2) is 17.1 Å². The van der Waals surface area contributed by atoms with Crippen LogP contribution in [0.5, 0.6) is 0 Å². The average molecular weight is 359 g/mol. The zero-order valence-corrected chi connectivity index (χ0v) is 15.7. The van der Waals surface area contributed by atoms with Crippen LogP contribution in [-0.4, -0.2) is 67.2 Å². The second-order valence-electron chi connectivity index (χ2n) is 6.27. The number of nitrogens with one attached hydrogen (secondary N) is 1. The molecule has 0 bridgehead atoms. The third-order valence-electron chi connectivity index (χ3n) is 3.88. The van der Waals surface area contributed by atoms with Gasteiger partial charge in [-0.3, -0.25) is 9.89 Å². The molecule has 23 heavy (non-hydrogen) atoms. The molecule has 1 unspecified atom stereocenters. The van der Waals surface area contributed by atoms with Crippen LogP contribution in [0.3, 0.4) is 0 Å². The minimum atomic E-state index is -0.563. The van der Waals surface area contributed by atoms with E-state index >= 15 is 0 Å². The number of hydrogen-bond acceptors (Lipinski definition) is 4. The first-order valence-electron chi connectivity index (χ1n) is 8.11. The molecule has 0 aliphatic carbocycles. The van der Waals surface area contributed by atoms with Crippen molar-refractivity contribution >= 4 is 28.9 Å². The summed E-state index contributed by atoms with van der Waals surface area (Å²) in [6.07, 6.45) is -0.563. The highest BCUT2D eigenvalue weighted by molar-refractivity contribution is 7.16. The van der Waals surface area contributed by atoms with E-state index in [2.05, 4.69) is 34.0 Å². The van der Waals surface area contributed by atoms with Crippen LogP contribution in [0, 0.1) is 5.92 Å². The molecule has 7 heteroatoms. The summed E-state index contributed by atoms with van der Waals surface area (Å²) in [5, 5.41) is 13.5. The molecule has 1 aromatic heterocycles. The smallest absolute Gasteiger partial charge is 0.193 e. The van der Waals surface area contributed by atoms with E-state index < -0.39 is 6.10 Å². The highest BCUT2D eigenvalue weighted by Gasteiger charge is 2.20. The Morgan fingerprint density at radius 2 is 2.04 bits per heavy atom. The van der Waals surface area contributed by atoms with Crippen LogP contribution in [0.25, 0.3) is 0 Å². The molecule has 5 nitrogen and oxygen atoms in total. The van der Waals surface area contributed by atoms with Gasteiger partial charge in [-0.2, -0.15) is 0 Å². The minimum Gasteiger partial charge on any atom is -0.386 e. The highest BCUT2D eigenvalue weighted by Crippen LogP contribution is 2.26. The highest BCUT2D eigenvalue weighted by atomic mass is 35.5. The van der Waals surface area contributed by atoms with Gasteiger partial charge >= 0.3 is 0 Å². The topological polar surface area (TPSA) is 51.1 Å². The molecule has 0 amide bonds. The summed E-state index contributed by atoms with van der Waals surface area (Å²) >= 11 is 7.33. The Morgan fingerprint density at radius 1 is 1.35 bits per heavy atom. The lowest BCUT2D eigenvalue weighted by Gasteiger charge is -2.37. The molecule has 1 aromatic rings. The zero-order valence-electron chi connectivity index (χ0n) is 14.1. The van der Waals surface area contributed by atoms with Crippen molar-refractivity contribution in [3.05, 3.63) is 21.3 Å². The number of nitrogens with zero attached hydrogens (tertiary/aromatic N) is 3. The number of thiophene rings is 1. The Bertz CT molecular complexity index is 512. The molecule has 0 spiro atoms. The first-order chi connectivity index (χ1) is 11.0. The third kappa shape index (κ3) is 5.64. The quantitative estimate of drug-likeness (QED) is 0.626. The lowest BCUT2D eigenvalue weighted by Crippen LogP contribution is -2.53. The summed E-state index contributed by atoms with van der Waals surface area (Å²) in [5.41, 5.74) is 0. The molecule has 2 rings (SSSR count). The van der Waals surface area contributed by atoms with Gasteiger partial charge in [0.2, 0.25) is 0 Å². The standard InChI is InChI=1S/C16H27ClN4OS/c1-12(2)11-20-6-8-21(9-7-20)16(18-3)19-10-13(22)14-4-5-15(17)23-14/h4-5,12-13,22H,6-11H2,1-3H3,(H,18,19). The SMILES string of the molecule is CN=C(NCC(O)c1ccc(Cl)s1)N1CCN(CC(C)C)CC1. The maximum absolute atomic E-state index is 10.2. The maximum atomic E-state index is 10.2. The molecule has 1 saturated heterocycles. The number of aliphatic imine (C=N–C) groups is 1. The van der Waals surface area contributed by atoms with Crippen LogP contribution >= 0.6 is 22.9 Å². The van der Waals surface area contributed by atoms with Crippen molar-refractivity contribution in [3.8, 4) is 0 Å². The van der Waals surface area contributed by atoms with Gasteiger partial charge in [-0.05, 0) is 18.1 Å². The van der Waals surface area contributed by atoms with Crippen molar-refractivity contribution in [3.63, 3.8) is 0 Å². The molecule has 1 fully saturated rings. The Balaban J connectivity index is 1.80. The van der Waals surface area contributed by atoms with Crippen LogP contribution < -0.4 is 5.32 Å². The lowest BCUT2D eigenvalue weighted by molar-refractivity contribution is 0.159. The minimum absolute atomic E-state index is 0.440. The molecule has 2 N–H and O–H groups in total. The fourth-order valence-corrected chi connectivity index (χ4v) is 3.83. The normalized spacial score (nSPS) is 18.5. The molecule has 1 aliphatic heterocycles. The maximum Gasteiger partial charge on any atom is 0.193 e. The molecule has 0 radical (unpaired) electrons. The lowest BCUT2D eigenvalue weighted by atomic mass is 10.2. The van der Waals surface area contributed by atoms with Crippen molar-refractivity contribution in [1.29, 1.82) is 0 Å². The van der Waals surface area contributed by atoms with E-state index in [1.54, 1.807) is 7.05 Å². The Labute approximate surface area is 148 Å². The van der Waals surface area contributed by atoms with Gasteiger partial charge in [0, 0.05) is 51.2 Å². The van der Waals surface area contributed by atoms with E-state index in [1.165, 1.54) is 11.3 Å². The molecular weight excluding hydrogens is 332 g/mol. The van der Waals surface area contributed by atoms with Crippen molar-refractivity contribution in [1.82, 2.24) is 15.1 Å². The third-order valence-corrected chi connectivity index (χ3v) is 5.22. The Morgan fingerprint density at radius 3 is 2.57 bits per heavy atom. The largest absolute Gasteiger partial charge is 0.386 e. The van der Waals surface area contributed by atoms with E-state index in [-0.39, 0.29) is 0 Å². The second kappa shape index (κ2) is 8.87. The predicted molar refractivity (Wildman–Crippen MR) is 98.5 cm³/mol. The van der Waals surface area contributed by atoms with Gasteiger partial charge in [0.25, 0.3) is 0 Å². The van der Waals surface area contributed by atoms with E-state index in [1.807, 2.05) is 12.1 Å². The van der Waals surface area contributed by atoms with Gasteiger partial charge in [-0.1, -0.05) is 25.4 Å². The van der Waals surface area contributed by atoms with Gasteiger partial charge in [-0.25, -0.2) is 0 Å². The fourth-order valence-electron chi connectivity index (χ4n) is 2.79. The van der Waals surface area contributed by atoms with E-state index in [0.29, 0.717) is 16.8 Å². The van der Waals surface area contributed by atoms with Crippen molar-refractivity contribution in [2.75, 3.05) is 46.3 Å². The Kier molecular flexibility index (Phi) is 7.14. The van der Waals surface area contributed by atoms with Crippen molar-refractivity contribution in [2.45, 2.75) is 20.0 Å². The van der Waals surface area contributed by atoms with Gasteiger partial charge in [0.05, 0.1) is 4.34 Å². The molecule has 1 atom stereocenters. The summed E-state index contributed by atoms with van der Waals surface area (Å²) in [7, 11) is 1.79. The van der Waals surface area contributed by atoms with E-state index in [4.69, 9.17) is 11.6 Å². The average Bonchev–Trinajstić information content (AvgIpc) is 2.95. The number of aliphatic hydroxyl groups excluding tert-OH is 1. The number of aliphatic hydroxyl groups is 1. The van der Waals surface area contributed by atoms with Crippen LogP contribution in [0.2, 0.25) is 4.34 Å². The molecule has 0 aromatic carbocycles. The van der Waals surface area contributed by atoms with Crippen LogP contribution in [0.1, 0.15) is 24.8 Å². The number of piperazine rings is 1. The Hall–Kier alpha value is -0.820. The monoisotopic (exact) mass is 358 g/mol. The first kappa shape index (κ1) is 18.5. The molecular formula is C16H27ClN4OS. The molecule has 0 saturated carbocycles. The second-order valence-corrected chi connectivity index (χ2v) is 8.01. The van der Waals surface area contributed by atoms with E-state index in [0.717, 1.165) is 43.6 Å². The fraction of sp³-hybridized carbons (Fsp3) is 0.688. The summed E-state index contributed by atoms with van der Waals surface area (Å²) in [6.45, 7) is 10.1. The number of rotatable bonds is 5. The van der Waals surface area contributed by atoms with Gasteiger partial charge < -0.3 is 15.3 Å². The summed E-state index contributed by atoms with van der Waals surface area (Å²) < 4.78 is 0.699. The summed E-state index contributed by atoms with van der Waals surface area (Å²) in [6, 6.07) is 3.68. The number of halogens is 1. The van der Waals surface area contributed by atoms with Crippen LogP contribution in [-0.2, 0) is 0 Å². The van der Waals surface area contributed by atoms with E-state index in [9.17, 15) is 5.11 Å². The van der Waals surface area contributed by atoms with Crippen molar-refractivity contribution < 1.29 is 5.11 Å². The number of guanidine groups is 1. The molecule has 2 heterocycles. The van der Waals surface area contributed by atoms with Crippen molar-refractivity contribution in [2.24, 2.45) is 10.9 Å². The van der Waals surface area contributed by atoms with Gasteiger partial charge in [0.1, 0.15) is 6.10 Å². The van der Waals surface area contributed by atoms with Gasteiger partial charge in [-0.15, -0.1) is 11.3 Å². The molecule has 130 valence electrons. The van der Waals surface area contributed by atoms with Gasteiger partial charge in [0.15, 0.2) is 5.96 Å². The molecule has 1 aliphatic rings. The summed E-state index contributed by atoms with van der Waals surface area (Å²) in [5.74, 6) is 1.56. The number of hydrogen-bond donors (Lipinski definition) is 2.